The summed E-state index contributed by atoms with van der Waals surface area (Å²) < 4.78 is 0. The van der Waals surface area contributed by atoms with E-state index in [1.54, 1.807) is 0 Å². The maximum Gasteiger partial charge on any atom is 0.0934 e. The SMILES string of the molecule is Cc1nc(CC2CC(C(C)(C)C)CCC2Br)sc1C. The highest BCUT2D eigenvalue weighted by Crippen LogP contribution is 2.43. The van der Waals surface area contributed by atoms with E-state index in [2.05, 4.69) is 50.5 Å². The van der Waals surface area contributed by atoms with Crippen LogP contribution in [0.1, 0.15) is 55.6 Å². The molecule has 1 saturated carbocycles. The van der Waals surface area contributed by atoms with Gasteiger partial charge in [0.25, 0.3) is 0 Å². The van der Waals surface area contributed by atoms with Crippen LogP contribution in [-0.4, -0.2) is 9.81 Å². The maximum absolute atomic E-state index is 4.72. The number of thiazole rings is 1. The number of aryl methyl sites for hydroxylation is 2. The van der Waals surface area contributed by atoms with Crippen molar-refractivity contribution in [3.8, 4) is 0 Å². The van der Waals surface area contributed by atoms with Gasteiger partial charge in [-0.3, -0.25) is 0 Å². The first-order valence-corrected chi connectivity index (χ1v) is 9.07. The summed E-state index contributed by atoms with van der Waals surface area (Å²) >= 11 is 5.80. The summed E-state index contributed by atoms with van der Waals surface area (Å²) in [4.78, 5) is 6.78. The van der Waals surface area contributed by atoms with Gasteiger partial charge in [-0.1, -0.05) is 36.7 Å². The second kappa shape index (κ2) is 5.85. The molecule has 108 valence electrons. The number of hydrogen-bond acceptors (Lipinski definition) is 2. The molecule has 1 aliphatic carbocycles. The Morgan fingerprint density at radius 1 is 1.26 bits per heavy atom. The van der Waals surface area contributed by atoms with E-state index in [1.165, 1.54) is 34.8 Å². The summed E-state index contributed by atoms with van der Waals surface area (Å²) in [7, 11) is 0. The lowest BCUT2D eigenvalue weighted by atomic mass is 9.68. The number of rotatable bonds is 2. The minimum atomic E-state index is 0.445. The summed E-state index contributed by atoms with van der Waals surface area (Å²) in [5.74, 6) is 1.61. The van der Waals surface area contributed by atoms with E-state index < -0.39 is 0 Å². The van der Waals surface area contributed by atoms with Crippen LogP contribution in [0.4, 0.5) is 0 Å². The van der Waals surface area contributed by atoms with Gasteiger partial charge in [0.05, 0.1) is 10.7 Å². The van der Waals surface area contributed by atoms with Crippen LogP contribution in [0.2, 0.25) is 0 Å². The average molecular weight is 344 g/mol. The van der Waals surface area contributed by atoms with Gasteiger partial charge in [0.2, 0.25) is 0 Å². The van der Waals surface area contributed by atoms with E-state index in [-0.39, 0.29) is 0 Å². The van der Waals surface area contributed by atoms with Gasteiger partial charge >= 0.3 is 0 Å². The fraction of sp³-hybridized carbons (Fsp3) is 0.812. The Bertz CT molecular complexity index is 413. The molecule has 3 heteroatoms. The molecular formula is C16H26BrNS. The monoisotopic (exact) mass is 343 g/mol. The number of aromatic nitrogens is 1. The van der Waals surface area contributed by atoms with Crippen molar-refractivity contribution in [1.82, 2.24) is 4.98 Å². The number of alkyl halides is 1. The summed E-state index contributed by atoms with van der Waals surface area (Å²) in [6.07, 6.45) is 5.18. The van der Waals surface area contributed by atoms with E-state index in [4.69, 9.17) is 4.98 Å². The van der Waals surface area contributed by atoms with E-state index >= 15 is 0 Å². The van der Waals surface area contributed by atoms with Crippen LogP contribution in [-0.2, 0) is 6.42 Å². The Hall–Kier alpha value is 0.110. The van der Waals surface area contributed by atoms with Gasteiger partial charge in [-0.2, -0.15) is 0 Å². The second-order valence-electron chi connectivity index (χ2n) is 7.11. The van der Waals surface area contributed by atoms with Crippen LogP contribution in [0.15, 0.2) is 0 Å². The third-order valence-corrected chi connectivity index (χ3v) is 6.92. The molecule has 0 radical (unpaired) electrons. The van der Waals surface area contributed by atoms with Crippen molar-refractivity contribution < 1.29 is 0 Å². The standard InChI is InChI=1S/C16H26BrNS/c1-10-11(2)19-15(18-10)9-12-8-13(16(3,4)5)6-7-14(12)17/h12-14H,6-9H2,1-5H3. The summed E-state index contributed by atoms with van der Waals surface area (Å²) in [6, 6.07) is 0. The molecule has 0 saturated heterocycles. The Morgan fingerprint density at radius 3 is 2.47 bits per heavy atom. The van der Waals surface area contributed by atoms with Gasteiger partial charge in [-0.05, 0) is 50.4 Å². The first-order chi connectivity index (χ1) is 8.77. The lowest BCUT2D eigenvalue weighted by molar-refractivity contribution is 0.146. The molecule has 1 fully saturated rings. The van der Waals surface area contributed by atoms with Crippen LogP contribution in [0.5, 0.6) is 0 Å². The van der Waals surface area contributed by atoms with Crippen molar-refractivity contribution in [3.05, 3.63) is 15.6 Å². The molecule has 3 unspecified atom stereocenters. The highest BCUT2D eigenvalue weighted by atomic mass is 79.9. The molecule has 0 N–H and O–H groups in total. The normalized spacial score (nSPS) is 28.6. The minimum Gasteiger partial charge on any atom is -0.246 e. The lowest BCUT2D eigenvalue weighted by Gasteiger charge is -2.40. The molecule has 1 aromatic rings. The topological polar surface area (TPSA) is 12.9 Å². The lowest BCUT2D eigenvalue weighted by Crippen LogP contribution is -2.33. The largest absolute Gasteiger partial charge is 0.246 e. The van der Waals surface area contributed by atoms with Crippen LogP contribution < -0.4 is 0 Å². The summed E-state index contributed by atoms with van der Waals surface area (Å²) in [5, 5.41) is 1.33. The van der Waals surface area contributed by atoms with Crippen molar-refractivity contribution in [1.29, 1.82) is 0 Å². The highest BCUT2D eigenvalue weighted by Gasteiger charge is 2.35. The Labute approximate surface area is 130 Å². The Kier molecular flexibility index (Phi) is 4.77. The van der Waals surface area contributed by atoms with E-state index in [0.717, 1.165) is 18.3 Å². The van der Waals surface area contributed by atoms with Crippen molar-refractivity contribution >= 4 is 27.3 Å². The van der Waals surface area contributed by atoms with Crippen LogP contribution in [0.3, 0.4) is 0 Å². The van der Waals surface area contributed by atoms with Crippen LogP contribution in [0.25, 0.3) is 0 Å². The molecule has 0 aliphatic heterocycles. The van der Waals surface area contributed by atoms with Crippen molar-refractivity contribution in [2.75, 3.05) is 0 Å². The first kappa shape index (κ1) is 15.5. The molecule has 3 atom stereocenters. The molecule has 1 aliphatic rings. The summed E-state index contributed by atoms with van der Waals surface area (Å²) in [5.41, 5.74) is 1.66. The Balaban J connectivity index is 2.05. The van der Waals surface area contributed by atoms with Gasteiger partial charge in [0.15, 0.2) is 0 Å². The third-order valence-electron chi connectivity index (χ3n) is 4.62. The van der Waals surface area contributed by atoms with Crippen molar-refractivity contribution in [2.24, 2.45) is 17.3 Å². The number of hydrogen-bond donors (Lipinski definition) is 0. The van der Waals surface area contributed by atoms with Gasteiger partial charge in [-0.15, -0.1) is 11.3 Å². The van der Waals surface area contributed by atoms with Gasteiger partial charge in [-0.25, -0.2) is 4.98 Å². The highest BCUT2D eigenvalue weighted by molar-refractivity contribution is 9.09. The minimum absolute atomic E-state index is 0.445. The van der Waals surface area contributed by atoms with E-state index in [0.29, 0.717) is 10.2 Å². The van der Waals surface area contributed by atoms with Crippen LogP contribution in [0, 0.1) is 31.1 Å². The molecule has 0 aromatic carbocycles. The van der Waals surface area contributed by atoms with E-state index in [9.17, 15) is 0 Å². The fourth-order valence-electron chi connectivity index (χ4n) is 3.08. The van der Waals surface area contributed by atoms with Crippen LogP contribution >= 0.6 is 27.3 Å². The van der Waals surface area contributed by atoms with Gasteiger partial charge < -0.3 is 0 Å². The first-order valence-electron chi connectivity index (χ1n) is 7.34. The molecule has 0 amide bonds. The van der Waals surface area contributed by atoms with Gasteiger partial charge in [0.1, 0.15) is 0 Å². The predicted molar refractivity (Wildman–Crippen MR) is 88.3 cm³/mol. The molecular weight excluding hydrogens is 318 g/mol. The smallest absolute Gasteiger partial charge is 0.0934 e. The third kappa shape index (κ3) is 3.81. The van der Waals surface area contributed by atoms with Crippen molar-refractivity contribution in [2.45, 2.75) is 65.1 Å². The predicted octanol–water partition coefficient (Wildman–Crippen LogP) is 5.53. The molecule has 1 heterocycles. The zero-order valence-electron chi connectivity index (χ0n) is 12.8. The van der Waals surface area contributed by atoms with Crippen molar-refractivity contribution in [3.63, 3.8) is 0 Å². The molecule has 2 rings (SSSR count). The second-order valence-corrected chi connectivity index (χ2v) is 9.57. The zero-order chi connectivity index (χ0) is 14.2. The molecule has 1 aromatic heterocycles. The molecule has 19 heavy (non-hydrogen) atoms. The number of nitrogens with zero attached hydrogens (tertiary/aromatic N) is 1. The molecule has 1 nitrogen and oxygen atoms in total. The quantitative estimate of drug-likeness (QED) is 0.643. The average Bonchev–Trinajstić information content (AvgIpc) is 2.59. The Morgan fingerprint density at radius 2 is 1.95 bits per heavy atom. The number of halogens is 1. The van der Waals surface area contributed by atoms with E-state index in [1.807, 2.05) is 11.3 Å². The fourth-order valence-corrected chi connectivity index (χ4v) is 4.77. The molecule has 0 spiro atoms. The maximum atomic E-state index is 4.72. The zero-order valence-corrected chi connectivity index (χ0v) is 15.2. The molecule has 0 bridgehead atoms. The summed E-state index contributed by atoms with van der Waals surface area (Å²) in [6.45, 7) is 11.5. The van der Waals surface area contributed by atoms with Gasteiger partial charge in [0, 0.05) is 16.1 Å².